The highest BCUT2D eigenvalue weighted by Gasteiger charge is 2.54. The van der Waals surface area contributed by atoms with Crippen molar-refractivity contribution >= 4 is 11.8 Å². The normalized spacial score (nSPS) is 29.3. The summed E-state index contributed by atoms with van der Waals surface area (Å²) in [6, 6.07) is 5.41. The molecule has 146 valence electrons. The fourth-order valence-corrected chi connectivity index (χ4v) is 4.22. The maximum absolute atomic E-state index is 12.8. The summed E-state index contributed by atoms with van der Waals surface area (Å²) in [5.41, 5.74) is 0.561. The first-order valence-electron chi connectivity index (χ1n) is 9.66. The maximum atomic E-state index is 12.8. The molecule has 3 fully saturated rings. The molecule has 2 saturated heterocycles. The van der Waals surface area contributed by atoms with Crippen LogP contribution in [-0.4, -0.2) is 83.5 Å². The third kappa shape index (κ3) is 3.58. The predicted molar refractivity (Wildman–Crippen MR) is 99.7 cm³/mol. The van der Waals surface area contributed by atoms with E-state index in [9.17, 15) is 9.59 Å². The predicted octanol–water partition coefficient (Wildman–Crippen LogP) is 0.608. The fraction of sp³-hybridized carbons (Fsp3) is 0.650. The number of rotatable bonds is 4. The first kappa shape index (κ1) is 18.4. The first-order chi connectivity index (χ1) is 12.9. The lowest BCUT2D eigenvalue weighted by atomic mass is 9.90. The van der Waals surface area contributed by atoms with E-state index in [1.54, 1.807) is 18.1 Å². The van der Waals surface area contributed by atoms with E-state index in [1.807, 2.05) is 30.1 Å². The van der Waals surface area contributed by atoms with Crippen LogP contribution in [0.2, 0.25) is 0 Å². The highest BCUT2D eigenvalue weighted by molar-refractivity contribution is 5.83. The number of morpholine rings is 1. The molecule has 0 aromatic carbocycles. The Balaban J connectivity index is 1.30. The Bertz CT molecular complexity index is 719. The molecule has 4 rings (SSSR count). The molecule has 0 radical (unpaired) electrons. The van der Waals surface area contributed by atoms with Crippen LogP contribution in [0.4, 0.5) is 0 Å². The van der Waals surface area contributed by atoms with Crippen LogP contribution in [0.5, 0.6) is 0 Å². The standard InChI is InChI=1S/C20H28N4O3/c1-14-8-16(14)18(25)24-12-20(13-24)11-23(3)17(10-27-20)19(26)22(2)9-15-6-4-5-7-21-15/h4-7,14,16-17H,8-13H2,1-3H3/t14-,16+,17-/m1/s1. The third-order valence-corrected chi connectivity index (χ3v) is 6.10. The number of hydrogen-bond acceptors (Lipinski definition) is 5. The number of amides is 2. The quantitative estimate of drug-likeness (QED) is 0.775. The average molecular weight is 372 g/mol. The van der Waals surface area contributed by atoms with Gasteiger partial charge < -0.3 is 14.5 Å². The molecule has 1 aromatic rings. The molecule has 0 unspecified atom stereocenters. The van der Waals surface area contributed by atoms with Crippen molar-refractivity contribution in [3.05, 3.63) is 30.1 Å². The molecule has 7 heteroatoms. The van der Waals surface area contributed by atoms with Crippen LogP contribution in [0.25, 0.3) is 0 Å². The summed E-state index contributed by atoms with van der Waals surface area (Å²) >= 11 is 0. The molecule has 2 amide bonds. The van der Waals surface area contributed by atoms with Gasteiger partial charge in [-0.3, -0.25) is 19.5 Å². The van der Waals surface area contributed by atoms with E-state index in [-0.39, 0.29) is 29.4 Å². The largest absolute Gasteiger partial charge is 0.368 e. The topological polar surface area (TPSA) is 66.0 Å². The Morgan fingerprint density at radius 1 is 1.33 bits per heavy atom. The van der Waals surface area contributed by atoms with Gasteiger partial charge in [0.15, 0.2) is 0 Å². The monoisotopic (exact) mass is 372 g/mol. The second-order valence-corrected chi connectivity index (χ2v) is 8.45. The minimum Gasteiger partial charge on any atom is -0.368 e. The van der Waals surface area contributed by atoms with Crippen LogP contribution in [0.15, 0.2) is 24.4 Å². The number of hydrogen-bond donors (Lipinski definition) is 0. The summed E-state index contributed by atoms with van der Waals surface area (Å²) < 4.78 is 6.11. The molecule has 2 aliphatic heterocycles. The molecular weight excluding hydrogens is 344 g/mol. The van der Waals surface area contributed by atoms with Crippen LogP contribution in [0, 0.1) is 11.8 Å². The molecule has 0 N–H and O–H groups in total. The lowest BCUT2D eigenvalue weighted by molar-refractivity contribution is -0.203. The smallest absolute Gasteiger partial charge is 0.242 e. The van der Waals surface area contributed by atoms with Gasteiger partial charge in [0, 0.05) is 25.7 Å². The zero-order valence-corrected chi connectivity index (χ0v) is 16.3. The molecular formula is C20H28N4O3. The van der Waals surface area contributed by atoms with Crippen molar-refractivity contribution < 1.29 is 14.3 Å². The number of pyridine rings is 1. The van der Waals surface area contributed by atoms with Gasteiger partial charge in [0.25, 0.3) is 0 Å². The number of ether oxygens (including phenoxy) is 1. The molecule has 7 nitrogen and oxygen atoms in total. The van der Waals surface area contributed by atoms with Gasteiger partial charge in [-0.05, 0) is 31.5 Å². The third-order valence-electron chi connectivity index (χ3n) is 6.10. The fourth-order valence-electron chi connectivity index (χ4n) is 4.22. The van der Waals surface area contributed by atoms with E-state index >= 15 is 0 Å². The molecule has 27 heavy (non-hydrogen) atoms. The Labute approximate surface area is 160 Å². The van der Waals surface area contributed by atoms with Crippen LogP contribution in [0.3, 0.4) is 0 Å². The van der Waals surface area contributed by atoms with E-state index in [1.165, 1.54) is 0 Å². The van der Waals surface area contributed by atoms with E-state index in [0.29, 0.717) is 38.7 Å². The summed E-state index contributed by atoms with van der Waals surface area (Å²) in [6.45, 7) is 4.93. The molecule has 0 bridgehead atoms. The number of nitrogens with zero attached hydrogens (tertiary/aromatic N) is 4. The van der Waals surface area contributed by atoms with Crippen molar-refractivity contribution in [3.63, 3.8) is 0 Å². The number of carbonyl (C=O) groups excluding carboxylic acids is 2. The van der Waals surface area contributed by atoms with Crippen molar-refractivity contribution in [1.29, 1.82) is 0 Å². The van der Waals surface area contributed by atoms with E-state index in [0.717, 1.165) is 12.1 Å². The summed E-state index contributed by atoms with van der Waals surface area (Å²) in [5.74, 6) is 1.06. The van der Waals surface area contributed by atoms with Crippen molar-refractivity contribution in [1.82, 2.24) is 19.7 Å². The number of likely N-dealkylation sites (N-methyl/N-ethyl adjacent to an activating group) is 2. The second-order valence-electron chi connectivity index (χ2n) is 8.45. The Morgan fingerprint density at radius 2 is 2.07 bits per heavy atom. The Morgan fingerprint density at radius 3 is 2.67 bits per heavy atom. The number of likely N-dealkylation sites (tertiary alicyclic amines) is 1. The van der Waals surface area contributed by atoms with Gasteiger partial charge in [0.2, 0.25) is 11.8 Å². The molecule has 1 aliphatic carbocycles. The zero-order chi connectivity index (χ0) is 19.2. The Kier molecular flexibility index (Phi) is 4.68. The van der Waals surface area contributed by atoms with Crippen LogP contribution < -0.4 is 0 Å². The molecule has 1 spiro atoms. The molecule has 1 saturated carbocycles. The summed E-state index contributed by atoms with van der Waals surface area (Å²) in [5, 5.41) is 0. The van der Waals surface area contributed by atoms with Gasteiger partial charge in [-0.25, -0.2) is 0 Å². The van der Waals surface area contributed by atoms with Gasteiger partial charge in [0.05, 0.1) is 31.9 Å². The van der Waals surface area contributed by atoms with Gasteiger partial charge in [-0.15, -0.1) is 0 Å². The minimum atomic E-state index is -0.307. The van der Waals surface area contributed by atoms with Crippen LogP contribution in [-0.2, 0) is 20.9 Å². The van der Waals surface area contributed by atoms with Gasteiger partial charge in [-0.1, -0.05) is 13.0 Å². The van der Waals surface area contributed by atoms with Crippen molar-refractivity contribution in [2.75, 3.05) is 40.3 Å². The first-order valence-corrected chi connectivity index (χ1v) is 9.66. The summed E-state index contributed by atoms with van der Waals surface area (Å²) in [7, 11) is 3.77. The summed E-state index contributed by atoms with van der Waals surface area (Å²) in [4.78, 5) is 35.2. The average Bonchev–Trinajstić information content (AvgIpc) is 3.36. The van der Waals surface area contributed by atoms with E-state index in [4.69, 9.17) is 4.74 Å². The highest BCUT2D eigenvalue weighted by atomic mass is 16.5. The SMILES string of the molecule is C[C@@H]1C[C@@H]1C(=O)N1CC2(C1)CN(C)[C@@H](C(=O)N(C)Cc1ccccn1)CO2. The van der Waals surface area contributed by atoms with Gasteiger partial charge in [-0.2, -0.15) is 0 Å². The Hall–Kier alpha value is -1.99. The second kappa shape index (κ2) is 6.87. The highest BCUT2D eigenvalue weighted by Crippen LogP contribution is 2.42. The minimum absolute atomic E-state index is 0.0389. The number of aromatic nitrogens is 1. The van der Waals surface area contributed by atoms with Gasteiger partial charge >= 0.3 is 0 Å². The van der Waals surface area contributed by atoms with Crippen LogP contribution in [0.1, 0.15) is 19.0 Å². The summed E-state index contributed by atoms with van der Waals surface area (Å²) in [6.07, 6.45) is 2.75. The maximum Gasteiger partial charge on any atom is 0.242 e. The van der Waals surface area contributed by atoms with Crippen molar-refractivity contribution in [2.45, 2.75) is 31.5 Å². The molecule has 3 aliphatic rings. The lowest BCUT2D eigenvalue weighted by Gasteiger charge is -2.55. The zero-order valence-electron chi connectivity index (χ0n) is 16.3. The van der Waals surface area contributed by atoms with Crippen molar-refractivity contribution in [3.8, 4) is 0 Å². The molecule has 3 atom stereocenters. The molecule has 1 aromatic heterocycles. The molecule has 3 heterocycles. The van der Waals surface area contributed by atoms with Crippen molar-refractivity contribution in [2.24, 2.45) is 11.8 Å². The number of carbonyl (C=O) groups is 2. The lowest BCUT2D eigenvalue weighted by Crippen LogP contribution is -2.73. The van der Waals surface area contributed by atoms with Crippen LogP contribution >= 0.6 is 0 Å². The van der Waals surface area contributed by atoms with E-state index in [2.05, 4.69) is 16.8 Å². The van der Waals surface area contributed by atoms with E-state index < -0.39 is 0 Å². The van der Waals surface area contributed by atoms with Gasteiger partial charge in [0.1, 0.15) is 11.6 Å².